The molecule has 0 unspecified atom stereocenters. The van der Waals surface area contributed by atoms with Crippen LogP contribution in [0, 0.1) is 6.92 Å². The van der Waals surface area contributed by atoms with Crippen molar-refractivity contribution in [1.82, 2.24) is 14.9 Å². The van der Waals surface area contributed by atoms with Gasteiger partial charge >= 0.3 is 6.18 Å². The van der Waals surface area contributed by atoms with Crippen LogP contribution < -0.4 is 4.90 Å². The fraction of sp³-hybridized carbons (Fsp3) is 0.636. The average molecular weight is 260 g/mol. The van der Waals surface area contributed by atoms with Gasteiger partial charge in [0.05, 0.1) is 0 Å². The normalized spacial score (nSPS) is 18.2. The van der Waals surface area contributed by atoms with E-state index in [0.29, 0.717) is 18.9 Å². The zero-order chi connectivity index (χ0) is 13.3. The molecule has 2 heterocycles. The fourth-order valence-electron chi connectivity index (χ4n) is 1.92. The standard InChI is InChI=1S/C11H15F3N4/c1-8-15-7-9(11(12,13)14)10(16-8)18-5-3-17(2)4-6-18/h7H,3-6H2,1-2H3. The highest BCUT2D eigenvalue weighted by molar-refractivity contribution is 5.48. The predicted molar refractivity (Wildman–Crippen MR) is 61.5 cm³/mol. The minimum absolute atomic E-state index is 0.00287. The molecule has 0 bridgehead atoms. The molecule has 0 spiro atoms. The topological polar surface area (TPSA) is 32.3 Å². The smallest absolute Gasteiger partial charge is 0.353 e. The second-order valence-corrected chi connectivity index (χ2v) is 4.44. The minimum Gasteiger partial charge on any atom is -0.353 e. The summed E-state index contributed by atoms with van der Waals surface area (Å²) in [5, 5.41) is 0. The van der Waals surface area contributed by atoms with Crippen molar-refractivity contribution < 1.29 is 13.2 Å². The molecule has 1 aliphatic heterocycles. The Morgan fingerprint density at radius 1 is 1.17 bits per heavy atom. The molecule has 1 aromatic heterocycles. The molecule has 4 nitrogen and oxygen atoms in total. The van der Waals surface area contributed by atoms with Crippen molar-refractivity contribution in [3.8, 4) is 0 Å². The molecule has 2 rings (SSSR count). The second kappa shape index (κ2) is 4.72. The lowest BCUT2D eigenvalue weighted by Crippen LogP contribution is -2.45. The Balaban J connectivity index is 2.33. The van der Waals surface area contributed by atoms with Crippen LogP contribution in [0.5, 0.6) is 0 Å². The van der Waals surface area contributed by atoms with Crippen LogP contribution in [0.15, 0.2) is 6.20 Å². The Bertz CT molecular complexity index is 425. The molecule has 0 radical (unpaired) electrons. The maximum atomic E-state index is 12.9. The number of hydrogen-bond donors (Lipinski definition) is 0. The first-order valence-corrected chi connectivity index (χ1v) is 5.72. The lowest BCUT2D eigenvalue weighted by molar-refractivity contribution is -0.137. The quantitative estimate of drug-likeness (QED) is 0.767. The number of anilines is 1. The van der Waals surface area contributed by atoms with Crippen LogP contribution in [0.3, 0.4) is 0 Å². The van der Waals surface area contributed by atoms with Crippen molar-refractivity contribution in [2.45, 2.75) is 13.1 Å². The summed E-state index contributed by atoms with van der Waals surface area (Å²) in [5.74, 6) is 0.361. The van der Waals surface area contributed by atoms with Gasteiger partial charge in [0.1, 0.15) is 17.2 Å². The van der Waals surface area contributed by atoms with Gasteiger partial charge in [0, 0.05) is 32.4 Å². The maximum Gasteiger partial charge on any atom is 0.421 e. The highest BCUT2D eigenvalue weighted by Crippen LogP contribution is 2.35. The summed E-state index contributed by atoms with van der Waals surface area (Å²) in [5.41, 5.74) is -0.752. The lowest BCUT2D eigenvalue weighted by atomic mass is 10.2. The first kappa shape index (κ1) is 13.1. The number of likely N-dealkylation sites (N-methyl/N-ethyl adjacent to an activating group) is 1. The van der Waals surface area contributed by atoms with Crippen molar-refractivity contribution in [2.24, 2.45) is 0 Å². The van der Waals surface area contributed by atoms with E-state index in [0.717, 1.165) is 19.3 Å². The van der Waals surface area contributed by atoms with E-state index in [4.69, 9.17) is 0 Å². The maximum absolute atomic E-state index is 12.9. The van der Waals surface area contributed by atoms with Crippen LogP contribution in [0.2, 0.25) is 0 Å². The molecule has 1 aromatic rings. The first-order chi connectivity index (χ1) is 8.38. The third-order valence-corrected chi connectivity index (χ3v) is 3.00. The molecule has 100 valence electrons. The zero-order valence-corrected chi connectivity index (χ0v) is 10.3. The number of hydrogen-bond acceptors (Lipinski definition) is 4. The van der Waals surface area contributed by atoms with E-state index >= 15 is 0 Å². The number of piperazine rings is 1. The summed E-state index contributed by atoms with van der Waals surface area (Å²) in [4.78, 5) is 11.4. The van der Waals surface area contributed by atoms with Gasteiger partial charge in [-0.2, -0.15) is 13.2 Å². The van der Waals surface area contributed by atoms with Crippen LogP contribution in [0.4, 0.5) is 19.0 Å². The van der Waals surface area contributed by atoms with Crippen molar-refractivity contribution in [1.29, 1.82) is 0 Å². The van der Waals surface area contributed by atoms with E-state index in [-0.39, 0.29) is 5.82 Å². The number of alkyl halides is 3. The molecule has 0 aliphatic carbocycles. The van der Waals surface area contributed by atoms with Crippen LogP contribution in [0.1, 0.15) is 11.4 Å². The van der Waals surface area contributed by atoms with E-state index in [1.54, 1.807) is 11.8 Å². The predicted octanol–water partition coefficient (Wildman–Crippen LogP) is 1.56. The Morgan fingerprint density at radius 2 is 1.78 bits per heavy atom. The van der Waals surface area contributed by atoms with E-state index < -0.39 is 11.7 Å². The van der Waals surface area contributed by atoms with Gasteiger partial charge in [-0.05, 0) is 14.0 Å². The number of nitrogens with zero attached hydrogens (tertiary/aromatic N) is 4. The van der Waals surface area contributed by atoms with Crippen molar-refractivity contribution in [3.05, 3.63) is 17.6 Å². The molecule has 0 amide bonds. The summed E-state index contributed by atoms with van der Waals surface area (Å²) in [6.07, 6.45) is -3.54. The van der Waals surface area contributed by atoms with Gasteiger partial charge in [0.25, 0.3) is 0 Å². The fourth-order valence-corrected chi connectivity index (χ4v) is 1.92. The Morgan fingerprint density at radius 3 is 2.33 bits per heavy atom. The molecule has 1 aliphatic rings. The number of rotatable bonds is 1. The molecule has 0 aromatic carbocycles. The molecule has 1 saturated heterocycles. The zero-order valence-electron chi connectivity index (χ0n) is 10.3. The van der Waals surface area contributed by atoms with E-state index in [1.807, 2.05) is 7.05 Å². The van der Waals surface area contributed by atoms with E-state index in [1.165, 1.54) is 0 Å². The number of aryl methyl sites for hydroxylation is 1. The number of halogens is 3. The molecular formula is C11H15F3N4. The van der Waals surface area contributed by atoms with Crippen molar-refractivity contribution in [2.75, 3.05) is 38.1 Å². The molecule has 0 saturated carbocycles. The highest BCUT2D eigenvalue weighted by Gasteiger charge is 2.37. The largest absolute Gasteiger partial charge is 0.421 e. The Kier molecular flexibility index (Phi) is 3.43. The van der Waals surface area contributed by atoms with Crippen molar-refractivity contribution >= 4 is 5.82 Å². The highest BCUT2D eigenvalue weighted by atomic mass is 19.4. The van der Waals surface area contributed by atoms with E-state index in [9.17, 15) is 13.2 Å². The molecule has 0 N–H and O–H groups in total. The minimum atomic E-state index is -4.41. The van der Waals surface area contributed by atoms with Crippen LogP contribution in [-0.4, -0.2) is 48.1 Å². The average Bonchev–Trinajstić information content (AvgIpc) is 2.28. The van der Waals surface area contributed by atoms with Gasteiger partial charge in [0.15, 0.2) is 0 Å². The summed E-state index contributed by atoms with van der Waals surface area (Å²) >= 11 is 0. The van der Waals surface area contributed by atoms with E-state index in [2.05, 4.69) is 14.9 Å². The Labute approximate surface area is 103 Å². The Hall–Kier alpha value is -1.37. The van der Waals surface area contributed by atoms with Gasteiger partial charge in [-0.1, -0.05) is 0 Å². The van der Waals surface area contributed by atoms with Gasteiger partial charge < -0.3 is 9.80 Å². The molecule has 1 fully saturated rings. The van der Waals surface area contributed by atoms with Gasteiger partial charge in [0.2, 0.25) is 0 Å². The third kappa shape index (κ3) is 2.72. The van der Waals surface area contributed by atoms with Crippen LogP contribution in [0.25, 0.3) is 0 Å². The SMILES string of the molecule is Cc1ncc(C(F)(F)F)c(N2CCN(C)CC2)n1. The summed E-state index contributed by atoms with van der Waals surface area (Å²) < 4.78 is 38.7. The summed E-state index contributed by atoms with van der Waals surface area (Å²) in [6.45, 7) is 4.17. The van der Waals surface area contributed by atoms with Gasteiger partial charge in [-0.15, -0.1) is 0 Å². The molecule has 7 heteroatoms. The summed E-state index contributed by atoms with van der Waals surface area (Å²) in [7, 11) is 1.95. The second-order valence-electron chi connectivity index (χ2n) is 4.44. The third-order valence-electron chi connectivity index (χ3n) is 3.00. The molecule has 18 heavy (non-hydrogen) atoms. The van der Waals surface area contributed by atoms with Gasteiger partial charge in [-0.3, -0.25) is 0 Å². The van der Waals surface area contributed by atoms with Crippen LogP contribution >= 0.6 is 0 Å². The summed E-state index contributed by atoms with van der Waals surface area (Å²) in [6, 6.07) is 0. The van der Waals surface area contributed by atoms with Gasteiger partial charge in [-0.25, -0.2) is 9.97 Å². The molecular weight excluding hydrogens is 245 g/mol. The number of aromatic nitrogens is 2. The van der Waals surface area contributed by atoms with Crippen LogP contribution in [-0.2, 0) is 6.18 Å². The van der Waals surface area contributed by atoms with Crippen molar-refractivity contribution in [3.63, 3.8) is 0 Å². The monoisotopic (exact) mass is 260 g/mol. The lowest BCUT2D eigenvalue weighted by Gasteiger charge is -2.34. The molecule has 0 atom stereocenters. The first-order valence-electron chi connectivity index (χ1n) is 5.72.